The lowest BCUT2D eigenvalue weighted by Crippen LogP contribution is -2.25. The molecule has 0 saturated carbocycles. The Morgan fingerprint density at radius 1 is 1.24 bits per heavy atom. The molecule has 2 aromatic carbocycles. The summed E-state index contributed by atoms with van der Waals surface area (Å²) in [5, 5.41) is 4.30. The van der Waals surface area contributed by atoms with Gasteiger partial charge >= 0.3 is 0 Å². The molecule has 33 heavy (non-hydrogen) atoms. The van der Waals surface area contributed by atoms with Crippen molar-refractivity contribution in [1.82, 2.24) is 4.98 Å². The second-order valence-electron chi connectivity index (χ2n) is 7.86. The standard InChI is InChI=1S/C27H22F2N2O2/c1-4-26(32)31-20-7-5-6-17(11-20)18-10-16(2)8-9-25-21(12-18)23(15-30-25)22-13-19(28)14-24(29)27(22)33-3/h1,5-7,9-16,30H,8H2,2-3H3,(H,31,32). The van der Waals surface area contributed by atoms with E-state index in [0.29, 0.717) is 16.8 Å². The molecule has 1 aromatic heterocycles. The first kappa shape index (κ1) is 22.1. The van der Waals surface area contributed by atoms with Gasteiger partial charge in [-0.2, -0.15) is 0 Å². The van der Waals surface area contributed by atoms with Crippen LogP contribution >= 0.6 is 0 Å². The van der Waals surface area contributed by atoms with E-state index in [1.165, 1.54) is 13.2 Å². The van der Waals surface area contributed by atoms with Gasteiger partial charge in [-0.15, -0.1) is 6.42 Å². The molecule has 1 atom stereocenters. The fraction of sp³-hybridized carbons (Fsp3) is 0.148. The van der Waals surface area contributed by atoms with Gasteiger partial charge in [0.15, 0.2) is 11.6 Å². The molecule has 166 valence electrons. The zero-order valence-electron chi connectivity index (χ0n) is 18.2. The van der Waals surface area contributed by atoms with Gasteiger partial charge in [-0.05, 0) is 53.7 Å². The SMILES string of the molecule is C#CC(=O)Nc1cccc(C2=CC(C)CC=c3[nH]cc(-c4cc(F)cc(F)c4OC)c3=C2)c1. The third-order valence-corrected chi connectivity index (χ3v) is 5.50. The van der Waals surface area contributed by atoms with Crippen LogP contribution in [0, 0.1) is 29.9 Å². The molecule has 3 aromatic rings. The van der Waals surface area contributed by atoms with E-state index in [1.807, 2.05) is 30.2 Å². The topological polar surface area (TPSA) is 54.1 Å². The number of hydrogen-bond donors (Lipinski definition) is 2. The molecule has 0 aliphatic heterocycles. The number of terminal acetylenes is 1. The first-order valence-corrected chi connectivity index (χ1v) is 10.4. The number of carbonyl (C=O) groups excluding carboxylic acids is 1. The van der Waals surface area contributed by atoms with Crippen LogP contribution in [0.1, 0.15) is 18.9 Å². The molecule has 0 fully saturated rings. The van der Waals surface area contributed by atoms with E-state index < -0.39 is 17.5 Å². The van der Waals surface area contributed by atoms with Gasteiger partial charge in [0.05, 0.1) is 7.11 Å². The second-order valence-corrected chi connectivity index (χ2v) is 7.86. The van der Waals surface area contributed by atoms with Crippen LogP contribution in [0.2, 0.25) is 0 Å². The van der Waals surface area contributed by atoms with Crippen LogP contribution in [0.15, 0.2) is 48.7 Å². The lowest BCUT2D eigenvalue weighted by atomic mass is 9.94. The highest BCUT2D eigenvalue weighted by molar-refractivity contribution is 6.04. The molecule has 1 aliphatic carbocycles. The van der Waals surface area contributed by atoms with Crippen molar-refractivity contribution in [2.75, 3.05) is 12.4 Å². The van der Waals surface area contributed by atoms with Crippen molar-refractivity contribution in [3.63, 3.8) is 0 Å². The normalized spacial score (nSPS) is 15.0. The Hall–Kier alpha value is -4.11. The lowest BCUT2D eigenvalue weighted by molar-refractivity contribution is -0.111. The maximum atomic E-state index is 14.4. The highest BCUT2D eigenvalue weighted by atomic mass is 19.1. The molecular formula is C27H22F2N2O2. The smallest absolute Gasteiger partial charge is 0.300 e. The molecule has 0 spiro atoms. The van der Waals surface area contributed by atoms with Crippen molar-refractivity contribution in [2.45, 2.75) is 13.3 Å². The first-order chi connectivity index (χ1) is 15.9. The molecule has 4 rings (SSSR count). The maximum absolute atomic E-state index is 14.4. The van der Waals surface area contributed by atoms with Gasteiger partial charge in [0, 0.05) is 39.6 Å². The number of benzene rings is 2. The number of ether oxygens (including phenoxy) is 1. The zero-order chi connectivity index (χ0) is 23.5. The van der Waals surface area contributed by atoms with Crippen molar-refractivity contribution in [1.29, 1.82) is 0 Å². The van der Waals surface area contributed by atoms with E-state index in [1.54, 1.807) is 12.3 Å². The van der Waals surface area contributed by atoms with Crippen LogP contribution in [0.5, 0.6) is 5.75 Å². The van der Waals surface area contributed by atoms with Crippen LogP contribution in [0.25, 0.3) is 28.9 Å². The summed E-state index contributed by atoms with van der Waals surface area (Å²) in [6.45, 7) is 2.11. The first-order valence-electron chi connectivity index (χ1n) is 10.4. The summed E-state index contributed by atoms with van der Waals surface area (Å²) in [5.74, 6) is 0.277. The molecule has 0 saturated heterocycles. The van der Waals surface area contributed by atoms with Crippen LogP contribution < -0.4 is 20.6 Å². The summed E-state index contributed by atoms with van der Waals surface area (Å²) >= 11 is 0. The van der Waals surface area contributed by atoms with E-state index in [4.69, 9.17) is 11.2 Å². The number of H-pyrrole nitrogens is 1. The van der Waals surface area contributed by atoms with Crippen molar-refractivity contribution >= 4 is 29.3 Å². The fourth-order valence-electron chi connectivity index (χ4n) is 3.97. The molecule has 1 aliphatic rings. The Morgan fingerprint density at radius 2 is 2.06 bits per heavy atom. The van der Waals surface area contributed by atoms with Crippen molar-refractivity contribution < 1.29 is 18.3 Å². The number of aromatic amines is 1. The summed E-state index contributed by atoms with van der Waals surface area (Å²) in [7, 11) is 1.36. The number of fused-ring (bicyclic) bond motifs is 1. The number of nitrogens with one attached hydrogen (secondary N) is 2. The number of anilines is 1. The summed E-state index contributed by atoms with van der Waals surface area (Å²) in [5.41, 5.74) is 3.29. The number of methoxy groups -OCH3 is 1. The van der Waals surface area contributed by atoms with Crippen LogP contribution in [-0.4, -0.2) is 18.0 Å². The molecule has 2 N–H and O–H groups in total. The van der Waals surface area contributed by atoms with Crippen LogP contribution in [-0.2, 0) is 4.79 Å². The van der Waals surface area contributed by atoms with Crippen LogP contribution in [0.3, 0.4) is 0 Å². The summed E-state index contributed by atoms with van der Waals surface area (Å²) in [6.07, 6.45) is 13.8. The van der Waals surface area contributed by atoms with Crippen LogP contribution in [0.4, 0.5) is 14.5 Å². The van der Waals surface area contributed by atoms with Crippen molar-refractivity contribution in [3.05, 3.63) is 76.4 Å². The molecular weight excluding hydrogens is 422 g/mol. The Bertz CT molecular complexity index is 1430. The lowest BCUT2D eigenvalue weighted by Gasteiger charge is -2.12. The second kappa shape index (κ2) is 9.17. The number of hydrogen-bond acceptors (Lipinski definition) is 2. The average Bonchev–Trinajstić information content (AvgIpc) is 3.17. The van der Waals surface area contributed by atoms with E-state index in [2.05, 4.69) is 29.4 Å². The van der Waals surface area contributed by atoms with Gasteiger partial charge in [0.2, 0.25) is 0 Å². The number of amides is 1. The van der Waals surface area contributed by atoms with E-state index in [0.717, 1.165) is 34.2 Å². The monoisotopic (exact) mass is 444 g/mol. The maximum Gasteiger partial charge on any atom is 0.300 e. The zero-order valence-corrected chi connectivity index (χ0v) is 18.2. The van der Waals surface area contributed by atoms with Gasteiger partial charge in [-0.25, -0.2) is 8.78 Å². The molecule has 0 radical (unpaired) electrons. The number of carbonyl (C=O) groups is 1. The molecule has 1 amide bonds. The predicted octanol–water partition coefficient (Wildman–Crippen LogP) is 4.22. The minimum absolute atomic E-state index is 0.0217. The van der Waals surface area contributed by atoms with Gasteiger partial charge in [0.25, 0.3) is 5.91 Å². The predicted molar refractivity (Wildman–Crippen MR) is 127 cm³/mol. The summed E-state index contributed by atoms with van der Waals surface area (Å²) < 4.78 is 33.7. The third-order valence-electron chi connectivity index (χ3n) is 5.50. The number of halogens is 2. The van der Waals surface area contributed by atoms with Gasteiger partial charge < -0.3 is 15.0 Å². The summed E-state index contributed by atoms with van der Waals surface area (Å²) in [4.78, 5) is 14.8. The van der Waals surface area contributed by atoms with Crippen molar-refractivity contribution in [3.8, 4) is 29.2 Å². The molecule has 1 heterocycles. The number of rotatable bonds is 4. The van der Waals surface area contributed by atoms with Gasteiger partial charge in [-0.1, -0.05) is 31.2 Å². The Morgan fingerprint density at radius 3 is 2.82 bits per heavy atom. The minimum Gasteiger partial charge on any atom is -0.493 e. The van der Waals surface area contributed by atoms with Crippen molar-refractivity contribution in [2.24, 2.45) is 5.92 Å². The average molecular weight is 444 g/mol. The number of allylic oxidation sites excluding steroid dienone is 2. The molecule has 1 unspecified atom stereocenters. The van der Waals surface area contributed by atoms with E-state index in [9.17, 15) is 13.6 Å². The Balaban J connectivity index is 1.91. The quantitative estimate of drug-likeness (QED) is 0.592. The van der Waals surface area contributed by atoms with Gasteiger partial charge in [-0.3, -0.25) is 4.79 Å². The van der Waals surface area contributed by atoms with Gasteiger partial charge in [0.1, 0.15) is 5.82 Å². The minimum atomic E-state index is -0.765. The Kier molecular flexibility index (Phi) is 6.14. The largest absolute Gasteiger partial charge is 0.493 e. The fourth-order valence-corrected chi connectivity index (χ4v) is 3.97. The molecule has 4 nitrogen and oxygen atoms in total. The highest BCUT2D eigenvalue weighted by Crippen LogP contribution is 2.32. The van der Waals surface area contributed by atoms with E-state index >= 15 is 0 Å². The Labute approximate surface area is 190 Å². The molecule has 0 bridgehead atoms. The highest BCUT2D eigenvalue weighted by Gasteiger charge is 2.17. The summed E-state index contributed by atoms with van der Waals surface area (Å²) in [6, 6.07) is 9.42. The van der Waals surface area contributed by atoms with E-state index in [-0.39, 0.29) is 11.7 Å². The molecule has 6 heteroatoms. The number of aromatic nitrogens is 1. The third kappa shape index (κ3) is 4.58.